The second-order valence-corrected chi connectivity index (χ2v) is 7.97. The van der Waals surface area contributed by atoms with Crippen LogP contribution in [-0.4, -0.2) is 10.9 Å². The van der Waals surface area contributed by atoms with E-state index in [1.165, 1.54) is 28.2 Å². The smallest absolute Gasteiger partial charge is 0.267 e. The van der Waals surface area contributed by atoms with Crippen molar-refractivity contribution >= 4 is 49.6 Å². The third kappa shape index (κ3) is 3.45. The lowest BCUT2D eigenvalue weighted by Crippen LogP contribution is -2.09. The summed E-state index contributed by atoms with van der Waals surface area (Å²) in [5.74, 6) is -0.127. The first kappa shape index (κ1) is 15.4. The Balaban J connectivity index is 1.74. The summed E-state index contributed by atoms with van der Waals surface area (Å²) in [6.45, 7) is 2.13. The molecule has 3 rings (SSSR count). The average Bonchev–Trinajstić information content (AvgIpc) is 3.16. The van der Waals surface area contributed by atoms with Gasteiger partial charge in [-0.1, -0.05) is 31.2 Å². The lowest BCUT2D eigenvalue weighted by molar-refractivity contribution is 0.103. The van der Waals surface area contributed by atoms with Gasteiger partial charge in [-0.3, -0.25) is 10.1 Å². The number of nitrogens with one attached hydrogen (secondary N) is 1. The molecule has 0 aliphatic carbocycles. The predicted octanol–water partition coefficient (Wildman–Crippen LogP) is 5.45. The van der Waals surface area contributed by atoms with Gasteiger partial charge < -0.3 is 0 Å². The van der Waals surface area contributed by atoms with Crippen LogP contribution in [0.5, 0.6) is 0 Å². The Morgan fingerprint density at radius 2 is 2.00 bits per heavy atom. The minimum atomic E-state index is -0.127. The topological polar surface area (TPSA) is 42.0 Å². The molecule has 0 fully saturated rings. The number of rotatable bonds is 4. The highest BCUT2D eigenvalue weighted by Gasteiger charge is 2.11. The molecule has 0 radical (unpaired) electrons. The van der Waals surface area contributed by atoms with Gasteiger partial charge >= 0.3 is 0 Å². The number of hydrogen-bond acceptors (Lipinski definition) is 4. The molecule has 22 heavy (non-hydrogen) atoms. The first-order chi connectivity index (χ1) is 10.7. The van der Waals surface area contributed by atoms with Crippen LogP contribution in [-0.2, 0) is 6.42 Å². The van der Waals surface area contributed by atoms with Crippen molar-refractivity contribution in [2.75, 3.05) is 5.32 Å². The van der Waals surface area contributed by atoms with Crippen molar-refractivity contribution in [3.63, 3.8) is 0 Å². The molecule has 112 valence electrons. The number of carbonyl (C=O) groups is 1. The predicted molar refractivity (Wildman–Crippen MR) is 96.9 cm³/mol. The Labute approximate surface area is 145 Å². The zero-order valence-corrected chi connectivity index (χ0v) is 15.0. The molecule has 0 unspecified atom stereocenters. The van der Waals surface area contributed by atoms with Gasteiger partial charge in [0.25, 0.3) is 5.91 Å². The summed E-state index contributed by atoms with van der Waals surface area (Å²) < 4.78 is 0.938. The van der Waals surface area contributed by atoms with Gasteiger partial charge in [0.15, 0.2) is 5.13 Å². The molecule has 2 heterocycles. The van der Waals surface area contributed by atoms with E-state index in [0.717, 1.165) is 21.5 Å². The third-order valence-electron chi connectivity index (χ3n) is 3.18. The minimum Gasteiger partial charge on any atom is -0.297 e. The number of aryl methyl sites for hydroxylation is 1. The number of thiophene rings is 1. The van der Waals surface area contributed by atoms with E-state index < -0.39 is 0 Å². The van der Waals surface area contributed by atoms with Crippen LogP contribution in [0, 0.1) is 0 Å². The fourth-order valence-corrected chi connectivity index (χ4v) is 3.97. The Bertz CT molecular complexity index is 793. The maximum absolute atomic E-state index is 12.1. The highest BCUT2D eigenvalue weighted by molar-refractivity contribution is 9.11. The summed E-state index contributed by atoms with van der Waals surface area (Å²) >= 11 is 6.20. The highest BCUT2D eigenvalue weighted by atomic mass is 79.9. The third-order valence-corrected chi connectivity index (χ3v) is 5.56. The lowest BCUT2D eigenvalue weighted by atomic mass is 10.1. The van der Waals surface area contributed by atoms with Gasteiger partial charge in [0.1, 0.15) is 0 Å². The molecule has 1 amide bonds. The first-order valence-electron chi connectivity index (χ1n) is 6.77. The van der Waals surface area contributed by atoms with E-state index in [9.17, 15) is 4.79 Å². The van der Waals surface area contributed by atoms with Crippen molar-refractivity contribution in [2.45, 2.75) is 13.3 Å². The molecule has 0 saturated heterocycles. The number of nitrogens with zero attached hydrogens (tertiary/aromatic N) is 1. The van der Waals surface area contributed by atoms with E-state index in [1.807, 2.05) is 11.4 Å². The zero-order chi connectivity index (χ0) is 15.5. The number of amides is 1. The number of hydrogen-bond donors (Lipinski definition) is 1. The lowest BCUT2D eigenvalue weighted by Gasteiger charge is -2.00. The molecule has 0 bridgehead atoms. The molecular formula is C16H13BrN2OS2. The number of aromatic nitrogens is 1. The molecule has 0 saturated carbocycles. The van der Waals surface area contributed by atoms with Gasteiger partial charge in [0.2, 0.25) is 0 Å². The fraction of sp³-hybridized carbons (Fsp3) is 0.125. The molecule has 0 aliphatic rings. The molecule has 0 atom stereocenters. The quantitative estimate of drug-likeness (QED) is 0.641. The Morgan fingerprint density at radius 1 is 1.23 bits per heavy atom. The summed E-state index contributed by atoms with van der Waals surface area (Å²) in [4.78, 5) is 17.3. The Morgan fingerprint density at radius 3 is 2.64 bits per heavy atom. The minimum absolute atomic E-state index is 0.127. The van der Waals surface area contributed by atoms with E-state index in [1.54, 1.807) is 6.07 Å². The zero-order valence-electron chi connectivity index (χ0n) is 11.8. The molecule has 1 N–H and O–H groups in total. The van der Waals surface area contributed by atoms with Crippen molar-refractivity contribution < 1.29 is 4.79 Å². The first-order valence-corrected chi connectivity index (χ1v) is 9.26. The van der Waals surface area contributed by atoms with Crippen molar-refractivity contribution in [2.24, 2.45) is 0 Å². The standard InChI is InChI=1S/C16H13BrN2OS2/c1-2-10-3-5-11(6-4-10)12-9-21-16(18-12)19-15(20)13-7-8-14(17)22-13/h3-9H,2H2,1H3,(H,18,19,20). The monoisotopic (exact) mass is 392 g/mol. The second kappa shape index (κ2) is 6.73. The summed E-state index contributed by atoms with van der Waals surface area (Å²) in [5.41, 5.74) is 3.25. The normalized spacial score (nSPS) is 10.6. The van der Waals surface area contributed by atoms with Crippen LogP contribution < -0.4 is 5.32 Å². The fourth-order valence-electron chi connectivity index (χ4n) is 1.97. The second-order valence-electron chi connectivity index (χ2n) is 4.65. The van der Waals surface area contributed by atoms with E-state index in [0.29, 0.717) is 10.0 Å². The summed E-state index contributed by atoms with van der Waals surface area (Å²) in [5, 5.41) is 5.42. The van der Waals surface area contributed by atoms with Crippen molar-refractivity contribution in [3.8, 4) is 11.3 Å². The van der Waals surface area contributed by atoms with E-state index >= 15 is 0 Å². The number of benzene rings is 1. The molecule has 1 aromatic carbocycles. The van der Waals surface area contributed by atoms with Crippen LogP contribution in [0.3, 0.4) is 0 Å². The van der Waals surface area contributed by atoms with Crippen molar-refractivity contribution in [1.29, 1.82) is 0 Å². The number of carbonyl (C=O) groups excluding carboxylic acids is 1. The van der Waals surface area contributed by atoms with Gasteiger partial charge in [-0.05, 0) is 40.0 Å². The summed E-state index contributed by atoms with van der Waals surface area (Å²) in [6, 6.07) is 12.0. The SMILES string of the molecule is CCc1ccc(-c2csc(NC(=O)c3ccc(Br)s3)n2)cc1. The Hall–Kier alpha value is -1.50. The van der Waals surface area contributed by atoms with Crippen LogP contribution in [0.25, 0.3) is 11.3 Å². The van der Waals surface area contributed by atoms with E-state index in [2.05, 4.69) is 57.4 Å². The van der Waals surface area contributed by atoms with Crippen LogP contribution in [0.4, 0.5) is 5.13 Å². The largest absolute Gasteiger partial charge is 0.297 e. The van der Waals surface area contributed by atoms with Crippen LogP contribution in [0.1, 0.15) is 22.2 Å². The molecule has 6 heteroatoms. The molecule has 0 aliphatic heterocycles. The molecule has 2 aromatic heterocycles. The van der Waals surface area contributed by atoms with Crippen LogP contribution in [0.15, 0.2) is 45.6 Å². The van der Waals surface area contributed by atoms with E-state index in [4.69, 9.17) is 0 Å². The van der Waals surface area contributed by atoms with Crippen molar-refractivity contribution in [3.05, 3.63) is 56.0 Å². The number of thiazole rings is 1. The van der Waals surface area contributed by atoms with Gasteiger partial charge in [-0.15, -0.1) is 22.7 Å². The molecule has 0 spiro atoms. The maximum Gasteiger partial charge on any atom is 0.267 e. The molecule has 3 aromatic rings. The molecule has 3 nitrogen and oxygen atoms in total. The number of halogens is 1. The summed E-state index contributed by atoms with van der Waals surface area (Å²) in [6.07, 6.45) is 1.02. The van der Waals surface area contributed by atoms with Gasteiger partial charge in [-0.2, -0.15) is 0 Å². The highest BCUT2D eigenvalue weighted by Crippen LogP contribution is 2.27. The van der Waals surface area contributed by atoms with Crippen LogP contribution >= 0.6 is 38.6 Å². The van der Waals surface area contributed by atoms with Crippen molar-refractivity contribution in [1.82, 2.24) is 4.98 Å². The van der Waals surface area contributed by atoms with Gasteiger partial charge in [0, 0.05) is 10.9 Å². The summed E-state index contributed by atoms with van der Waals surface area (Å²) in [7, 11) is 0. The van der Waals surface area contributed by atoms with Crippen LogP contribution in [0.2, 0.25) is 0 Å². The average molecular weight is 393 g/mol. The van der Waals surface area contributed by atoms with Gasteiger partial charge in [0.05, 0.1) is 14.4 Å². The maximum atomic E-state index is 12.1. The van der Waals surface area contributed by atoms with Gasteiger partial charge in [-0.25, -0.2) is 4.98 Å². The number of anilines is 1. The molecular weight excluding hydrogens is 380 g/mol. The van der Waals surface area contributed by atoms with E-state index in [-0.39, 0.29) is 5.91 Å². The Kier molecular flexibility index (Phi) is 4.71.